The van der Waals surface area contributed by atoms with Crippen LogP contribution in [0.1, 0.15) is 79.1 Å². The topological polar surface area (TPSA) is 49.8 Å². The predicted molar refractivity (Wildman–Crippen MR) is 101 cm³/mol. The van der Waals surface area contributed by atoms with Crippen LogP contribution in [-0.2, 0) is 9.53 Å². The molecule has 0 aromatic carbocycles. The molecule has 26 heavy (non-hydrogen) atoms. The van der Waals surface area contributed by atoms with Crippen molar-refractivity contribution in [2.75, 3.05) is 0 Å². The third-order valence-electron chi connectivity index (χ3n) is 9.64. The van der Waals surface area contributed by atoms with Gasteiger partial charge < -0.3 is 9.84 Å². The molecular formula is C23H34O3. The molecule has 0 radical (unpaired) electrons. The Labute approximate surface area is 157 Å². The SMILES string of the molecule is CCC[C@]1(O)CCC2C3[C@H](C)CC4=CC(=O)CC[C@]4(C)[C@]34O[C@@H]4C[C@@]21C. The van der Waals surface area contributed by atoms with E-state index in [0.29, 0.717) is 30.0 Å². The molecule has 3 heteroatoms. The summed E-state index contributed by atoms with van der Waals surface area (Å²) in [5, 5.41) is 11.6. The number of carbonyl (C=O) groups excluding carboxylic acids is 1. The molecule has 4 aliphatic carbocycles. The van der Waals surface area contributed by atoms with Crippen molar-refractivity contribution in [2.24, 2.45) is 28.6 Å². The second kappa shape index (κ2) is 5.03. The number of ketones is 1. The summed E-state index contributed by atoms with van der Waals surface area (Å²) in [6, 6.07) is 0. The van der Waals surface area contributed by atoms with E-state index < -0.39 is 5.60 Å². The highest BCUT2D eigenvalue weighted by Crippen LogP contribution is 2.77. The Bertz CT molecular complexity index is 698. The monoisotopic (exact) mass is 358 g/mol. The molecule has 1 N–H and O–H groups in total. The number of hydrogen-bond acceptors (Lipinski definition) is 3. The quantitative estimate of drug-likeness (QED) is 0.743. The Morgan fingerprint density at radius 3 is 2.81 bits per heavy atom. The van der Waals surface area contributed by atoms with Gasteiger partial charge in [0.25, 0.3) is 0 Å². The van der Waals surface area contributed by atoms with Crippen molar-refractivity contribution in [3.8, 4) is 0 Å². The Kier molecular flexibility index (Phi) is 3.37. The minimum atomic E-state index is -0.524. The van der Waals surface area contributed by atoms with E-state index in [1.807, 2.05) is 6.08 Å². The molecule has 4 fully saturated rings. The van der Waals surface area contributed by atoms with Crippen LogP contribution < -0.4 is 0 Å². The minimum Gasteiger partial charge on any atom is -0.389 e. The molecule has 2 unspecified atom stereocenters. The van der Waals surface area contributed by atoms with E-state index in [4.69, 9.17) is 4.74 Å². The second-order valence-electron chi connectivity index (χ2n) is 10.6. The van der Waals surface area contributed by atoms with Gasteiger partial charge in [0, 0.05) is 17.3 Å². The molecule has 0 bridgehead atoms. The number of epoxide rings is 1. The average Bonchev–Trinajstić information content (AvgIpc) is 3.23. The molecule has 1 heterocycles. The van der Waals surface area contributed by atoms with Crippen LogP contribution in [0.4, 0.5) is 0 Å². The number of ether oxygens (including phenoxy) is 1. The van der Waals surface area contributed by atoms with Crippen LogP contribution >= 0.6 is 0 Å². The maximum atomic E-state index is 12.1. The lowest BCUT2D eigenvalue weighted by atomic mass is 9.44. The van der Waals surface area contributed by atoms with Gasteiger partial charge in [-0.1, -0.05) is 39.7 Å². The lowest BCUT2D eigenvalue weighted by Crippen LogP contribution is -2.61. The summed E-state index contributed by atoms with van der Waals surface area (Å²) >= 11 is 0. The first-order valence-electron chi connectivity index (χ1n) is 10.9. The summed E-state index contributed by atoms with van der Waals surface area (Å²) in [5.41, 5.74) is 0.762. The lowest BCUT2D eigenvalue weighted by molar-refractivity contribution is -0.127. The van der Waals surface area contributed by atoms with Crippen molar-refractivity contribution < 1.29 is 14.6 Å². The Morgan fingerprint density at radius 1 is 1.31 bits per heavy atom. The molecule has 5 rings (SSSR count). The van der Waals surface area contributed by atoms with E-state index in [-0.39, 0.29) is 22.5 Å². The zero-order valence-electron chi connectivity index (χ0n) is 16.8. The summed E-state index contributed by atoms with van der Waals surface area (Å²) in [7, 11) is 0. The van der Waals surface area contributed by atoms with Gasteiger partial charge in [-0.2, -0.15) is 0 Å². The fourth-order valence-corrected chi connectivity index (χ4v) is 8.29. The lowest BCUT2D eigenvalue weighted by Gasteiger charge is -2.59. The summed E-state index contributed by atoms with van der Waals surface area (Å²) in [4.78, 5) is 12.1. The molecule has 1 aliphatic heterocycles. The van der Waals surface area contributed by atoms with Gasteiger partial charge in [-0.15, -0.1) is 0 Å². The fourth-order valence-electron chi connectivity index (χ4n) is 8.29. The highest BCUT2D eigenvalue weighted by Gasteiger charge is 2.81. The van der Waals surface area contributed by atoms with Gasteiger partial charge >= 0.3 is 0 Å². The first-order chi connectivity index (χ1) is 12.2. The predicted octanol–water partition coefficient (Wildman–Crippen LogP) is 4.43. The third kappa shape index (κ3) is 1.76. The van der Waals surface area contributed by atoms with Crippen LogP contribution in [0.3, 0.4) is 0 Å². The smallest absolute Gasteiger partial charge is 0.155 e. The van der Waals surface area contributed by atoms with Crippen molar-refractivity contribution in [3.05, 3.63) is 11.6 Å². The summed E-state index contributed by atoms with van der Waals surface area (Å²) < 4.78 is 6.66. The first kappa shape index (κ1) is 17.4. The molecule has 8 atom stereocenters. The van der Waals surface area contributed by atoms with Gasteiger partial charge in [-0.05, 0) is 62.4 Å². The molecule has 144 valence electrons. The zero-order valence-corrected chi connectivity index (χ0v) is 16.8. The Balaban J connectivity index is 1.59. The van der Waals surface area contributed by atoms with E-state index in [1.165, 1.54) is 5.57 Å². The van der Waals surface area contributed by atoms with Crippen LogP contribution in [0.2, 0.25) is 0 Å². The van der Waals surface area contributed by atoms with Crippen molar-refractivity contribution >= 4 is 5.78 Å². The van der Waals surface area contributed by atoms with Gasteiger partial charge in [-0.3, -0.25) is 4.79 Å². The first-order valence-corrected chi connectivity index (χ1v) is 10.9. The van der Waals surface area contributed by atoms with Crippen LogP contribution in [-0.4, -0.2) is 28.2 Å². The largest absolute Gasteiger partial charge is 0.389 e. The highest BCUT2D eigenvalue weighted by atomic mass is 16.6. The maximum absolute atomic E-state index is 12.1. The summed E-state index contributed by atoms with van der Waals surface area (Å²) in [6.07, 6.45) is 9.90. The van der Waals surface area contributed by atoms with Crippen molar-refractivity contribution in [3.63, 3.8) is 0 Å². The normalized spacial score (nSPS) is 57.6. The number of rotatable bonds is 2. The molecule has 3 nitrogen and oxygen atoms in total. The fraction of sp³-hybridized carbons (Fsp3) is 0.870. The van der Waals surface area contributed by atoms with Gasteiger partial charge in [0.2, 0.25) is 0 Å². The van der Waals surface area contributed by atoms with E-state index in [9.17, 15) is 9.90 Å². The van der Waals surface area contributed by atoms with E-state index in [1.54, 1.807) is 0 Å². The van der Waals surface area contributed by atoms with Gasteiger partial charge in [0.15, 0.2) is 5.78 Å². The van der Waals surface area contributed by atoms with Crippen LogP contribution in [0, 0.1) is 28.6 Å². The van der Waals surface area contributed by atoms with Crippen molar-refractivity contribution in [1.82, 2.24) is 0 Å². The van der Waals surface area contributed by atoms with Gasteiger partial charge in [-0.25, -0.2) is 0 Å². The molecular weight excluding hydrogens is 324 g/mol. The number of hydrogen-bond donors (Lipinski definition) is 1. The summed E-state index contributed by atoms with van der Waals surface area (Å²) in [5.74, 6) is 1.89. The maximum Gasteiger partial charge on any atom is 0.155 e. The van der Waals surface area contributed by atoms with E-state index in [2.05, 4.69) is 27.7 Å². The molecule has 3 saturated carbocycles. The third-order valence-corrected chi connectivity index (χ3v) is 9.64. The van der Waals surface area contributed by atoms with E-state index >= 15 is 0 Å². The highest BCUT2D eigenvalue weighted by molar-refractivity contribution is 5.91. The molecule has 1 saturated heterocycles. The Morgan fingerprint density at radius 2 is 2.08 bits per heavy atom. The van der Waals surface area contributed by atoms with Gasteiger partial charge in [0.1, 0.15) is 5.60 Å². The second-order valence-corrected chi connectivity index (χ2v) is 10.6. The molecule has 0 aromatic heterocycles. The Hall–Kier alpha value is -0.670. The zero-order chi connectivity index (χ0) is 18.5. The minimum absolute atomic E-state index is 0.0192. The summed E-state index contributed by atoms with van der Waals surface area (Å²) in [6.45, 7) is 9.29. The molecule has 1 spiro atoms. The standard InChI is InChI=1S/C23H34O3/c1-5-8-22(25)10-7-17-19-14(2)11-15-12-16(24)6-9-20(15,3)23(19)18(26-23)13-21(17,22)4/h12,14,17-19,25H,5-11,13H2,1-4H3/t14-,17?,18-,19?,20+,21+,22+,23-/m1/s1. The molecule has 0 amide bonds. The number of fused-ring (bicyclic) bond motifs is 3. The number of carbonyl (C=O) groups is 1. The van der Waals surface area contributed by atoms with Crippen molar-refractivity contribution in [1.29, 1.82) is 0 Å². The molecule has 5 aliphatic rings. The van der Waals surface area contributed by atoms with E-state index in [0.717, 1.165) is 44.9 Å². The van der Waals surface area contributed by atoms with Crippen LogP contribution in [0.5, 0.6) is 0 Å². The van der Waals surface area contributed by atoms with Crippen LogP contribution in [0.15, 0.2) is 11.6 Å². The van der Waals surface area contributed by atoms with Crippen molar-refractivity contribution in [2.45, 2.75) is 96.4 Å². The number of aliphatic hydroxyl groups is 1. The van der Waals surface area contributed by atoms with Gasteiger partial charge in [0.05, 0.1) is 11.7 Å². The molecule has 0 aromatic rings. The van der Waals surface area contributed by atoms with Crippen LogP contribution in [0.25, 0.3) is 0 Å². The average molecular weight is 359 g/mol.